The summed E-state index contributed by atoms with van der Waals surface area (Å²) in [5.74, 6) is -0.885. The maximum Gasteiger partial charge on any atom is 0.314 e. The topological polar surface area (TPSA) is 104 Å². The number of hydrogen-bond acceptors (Lipinski definition) is 4. The Balaban J connectivity index is 2.41. The van der Waals surface area contributed by atoms with Crippen molar-refractivity contribution in [2.45, 2.75) is 30.5 Å². The fourth-order valence-electron chi connectivity index (χ4n) is 2.25. The summed E-state index contributed by atoms with van der Waals surface area (Å²) in [4.78, 5) is 11.3. The predicted octanol–water partition coefficient (Wildman–Crippen LogP) is 0.156. The summed E-state index contributed by atoms with van der Waals surface area (Å²) in [6.07, 6.45) is -1.12. The number of carboxylic acids is 1. The molecule has 0 aliphatic heterocycles. The highest BCUT2D eigenvalue weighted by molar-refractivity contribution is 5.85. The third kappa shape index (κ3) is 2.01. The first kappa shape index (κ1) is 13.0. The van der Waals surface area contributed by atoms with E-state index in [-0.39, 0.29) is 6.54 Å². The summed E-state index contributed by atoms with van der Waals surface area (Å²) in [5, 5.41) is 28.9. The minimum atomic E-state index is -1.15. The van der Waals surface area contributed by atoms with Crippen LogP contribution in [0.5, 0.6) is 0 Å². The van der Waals surface area contributed by atoms with Gasteiger partial charge in [-0.3, -0.25) is 4.79 Å². The summed E-state index contributed by atoms with van der Waals surface area (Å²) in [6, 6.07) is 6.79. The summed E-state index contributed by atoms with van der Waals surface area (Å²) in [7, 11) is 0. The van der Waals surface area contributed by atoms with Crippen molar-refractivity contribution in [3.63, 3.8) is 0 Å². The Kier molecular flexibility index (Phi) is 3.38. The van der Waals surface area contributed by atoms with Gasteiger partial charge >= 0.3 is 5.97 Å². The molecule has 1 fully saturated rings. The zero-order valence-electron chi connectivity index (χ0n) is 9.91. The monoisotopic (exact) mass is 251 g/mol. The maximum atomic E-state index is 11.3. The molecule has 2 atom stereocenters. The van der Waals surface area contributed by atoms with Crippen LogP contribution < -0.4 is 5.73 Å². The Morgan fingerprint density at radius 2 is 1.94 bits per heavy atom. The van der Waals surface area contributed by atoms with Crippen molar-refractivity contribution in [3.05, 3.63) is 35.4 Å². The molecule has 0 amide bonds. The molecule has 0 aromatic heterocycles. The molecule has 1 aromatic rings. The lowest BCUT2D eigenvalue weighted by atomic mass is 9.87. The third-order valence-corrected chi connectivity index (χ3v) is 3.56. The number of aliphatic hydroxyl groups is 2. The van der Waals surface area contributed by atoms with Crippen LogP contribution in [-0.4, -0.2) is 33.9 Å². The Bertz CT molecular complexity index is 456. The standard InChI is InChI=1S/C13H17NO4/c14-7-10(15)11(16)8-3-1-2-4-9(8)13(5-6-13)12(17)18/h1-4,10-11,15-16H,5-7,14H2,(H,17,18). The zero-order chi connectivity index (χ0) is 13.3. The molecular formula is C13H17NO4. The summed E-state index contributed by atoms with van der Waals surface area (Å²) < 4.78 is 0. The van der Waals surface area contributed by atoms with E-state index in [1.165, 1.54) is 0 Å². The lowest BCUT2D eigenvalue weighted by molar-refractivity contribution is -0.140. The van der Waals surface area contributed by atoms with E-state index in [1.807, 2.05) is 0 Å². The SMILES string of the molecule is NCC(O)C(O)c1ccccc1C1(C(=O)O)CC1. The summed E-state index contributed by atoms with van der Waals surface area (Å²) in [6.45, 7) is -0.0738. The van der Waals surface area contributed by atoms with Gasteiger partial charge in [-0.05, 0) is 24.0 Å². The fraction of sp³-hybridized carbons (Fsp3) is 0.462. The van der Waals surface area contributed by atoms with Crippen molar-refractivity contribution in [3.8, 4) is 0 Å². The van der Waals surface area contributed by atoms with Gasteiger partial charge in [-0.1, -0.05) is 24.3 Å². The van der Waals surface area contributed by atoms with Crippen LogP contribution in [-0.2, 0) is 10.2 Å². The molecule has 0 bridgehead atoms. The number of aliphatic hydroxyl groups excluding tert-OH is 2. The van der Waals surface area contributed by atoms with Gasteiger partial charge in [0, 0.05) is 6.54 Å². The average Bonchev–Trinajstić information content (AvgIpc) is 3.18. The van der Waals surface area contributed by atoms with Crippen LogP contribution >= 0.6 is 0 Å². The first-order chi connectivity index (χ1) is 8.53. The van der Waals surface area contributed by atoms with Crippen molar-refractivity contribution in [2.24, 2.45) is 5.73 Å². The Morgan fingerprint density at radius 1 is 1.33 bits per heavy atom. The third-order valence-electron chi connectivity index (χ3n) is 3.56. The molecule has 18 heavy (non-hydrogen) atoms. The van der Waals surface area contributed by atoms with Crippen LogP contribution in [0.3, 0.4) is 0 Å². The molecule has 0 heterocycles. The van der Waals surface area contributed by atoms with Crippen molar-refractivity contribution in [2.75, 3.05) is 6.54 Å². The lowest BCUT2D eigenvalue weighted by Gasteiger charge is -2.22. The Labute approximate surface area is 105 Å². The fourth-order valence-corrected chi connectivity index (χ4v) is 2.25. The van der Waals surface area contributed by atoms with E-state index in [2.05, 4.69) is 0 Å². The van der Waals surface area contributed by atoms with E-state index in [0.29, 0.717) is 24.0 Å². The number of benzene rings is 1. The van der Waals surface area contributed by atoms with E-state index in [0.717, 1.165) is 0 Å². The normalized spacial score (nSPS) is 20.2. The number of carboxylic acid groups (broad SMARTS) is 1. The van der Waals surface area contributed by atoms with E-state index in [9.17, 15) is 20.1 Å². The molecule has 5 nitrogen and oxygen atoms in total. The van der Waals surface area contributed by atoms with Crippen LogP contribution in [0.4, 0.5) is 0 Å². The molecule has 1 aliphatic rings. The smallest absolute Gasteiger partial charge is 0.314 e. The largest absolute Gasteiger partial charge is 0.481 e. The Morgan fingerprint density at radius 3 is 2.44 bits per heavy atom. The van der Waals surface area contributed by atoms with E-state index in [1.54, 1.807) is 24.3 Å². The molecule has 1 saturated carbocycles. The van der Waals surface area contributed by atoms with Gasteiger partial charge < -0.3 is 21.1 Å². The molecular weight excluding hydrogens is 234 g/mol. The maximum absolute atomic E-state index is 11.3. The van der Waals surface area contributed by atoms with Gasteiger partial charge in [0.05, 0.1) is 11.5 Å². The first-order valence-corrected chi connectivity index (χ1v) is 5.92. The first-order valence-electron chi connectivity index (χ1n) is 5.92. The number of nitrogens with two attached hydrogens (primary N) is 1. The second kappa shape index (κ2) is 4.68. The highest BCUT2D eigenvalue weighted by Gasteiger charge is 2.53. The number of aliphatic carboxylic acids is 1. The van der Waals surface area contributed by atoms with Gasteiger partial charge in [0.25, 0.3) is 0 Å². The minimum Gasteiger partial charge on any atom is -0.481 e. The molecule has 1 aliphatic carbocycles. The van der Waals surface area contributed by atoms with Crippen molar-refractivity contribution < 1.29 is 20.1 Å². The predicted molar refractivity (Wildman–Crippen MR) is 65.0 cm³/mol. The molecule has 2 unspecified atom stereocenters. The highest BCUT2D eigenvalue weighted by atomic mass is 16.4. The van der Waals surface area contributed by atoms with Gasteiger partial charge in [0.2, 0.25) is 0 Å². The molecule has 0 saturated heterocycles. The zero-order valence-corrected chi connectivity index (χ0v) is 9.91. The van der Waals surface area contributed by atoms with Gasteiger partial charge in [-0.2, -0.15) is 0 Å². The second-order valence-electron chi connectivity index (χ2n) is 4.72. The van der Waals surface area contributed by atoms with Gasteiger partial charge in [0.15, 0.2) is 0 Å². The lowest BCUT2D eigenvalue weighted by Crippen LogP contribution is -2.30. The molecule has 1 aromatic carbocycles. The van der Waals surface area contributed by atoms with Crippen molar-refractivity contribution in [1.82, 2.24) is 0 Å². The van der Waals surface area contributed by atoms with E-state index < -0.39 is 23.6 Å². The van der Waals surface area contributed by atoms with Gasteiger partial charge in [-0.25, -0.2) is 0 Å². The molecule has 0 spiro atoms. The number of rotatable bonds is 5. The highest BCUT2D eigenvalue weighted by Crippen LogP contribution is 2.50. The van der Waals surface area contributed by atoms with Crippen LogP contribution in [0, 0.1) is 0 Å². The molecule has 2 rings (SSSR count). The minimum absolute atomic E-state index is 0.0738. The van der Waals surface area contributed by atoms with Crippen LogP contribution in [0.1, 0.15) is 30.1 Å². The summed E-state index contributed by atoms with van der Waals surface area (Å²) >= 11 is 0. The van der Waals surface area contributed by atoms with Crippen molar-refractivity contribution in [1.29, 1.82) is 0 Å². The molecule has 0 radical (unpaired) electrons. The molecule has 98 valence electrons. The Hall–Kier alpha value is -1.43. The van der Waals surface area contributed by atoms with Crippen molar-refractivity contribution >= 4 is 5.97 Å². The van der Waals surface area contributed by atoms with Gasteiger partial charge in [-0.15, -0.1) is 0 Å². The molecule has 5 heteroatoms. The number of carbonyl (C=O) groups is 1. The van der Waals surface area contributed by atoms with Crippen LogP contribution in [0.25, 0.3) is 0 Å². The number of hydrogen-bond donors (Lipinski definition) is 4. The van der Waals surface area contributed by atoms with Crippen LogP contribution in [0.15, 0.2) is 24.3 Å². The van der Waals surface area contributed by atoms with Crippen LogP contribution in [0.2, 0.25) is 0 Å². The van der Waals surface area contributed by atoms with E-state index >= 15 is 0 Å². The second-order valence-corrected chi connectivity index (χ2v) is 4.72. The quantitative estimate of drug-likeness (QED) is 0.596. The van der Waals surface area contributed by atoms with Gasteiger partial charge in [0.1, 0.15) is 6.10 Å². The molecule has 5 N–H and O–H groups in total. The summed E-state index contributed by atoms with van der Waals surface area (Å²) in [5.41, 5.74) is 5.46. The average molecular weight is 251 g/mol. The van der Waals surface area contributed by atoms with E-state index in [4.69, 9.17) is 5.73 Å².